The Labute approximate surface area is 129 Å². The van der Waals surface area contributed by atoms with Crippen molar-refractivity contribution in [1.82, 2.24) is 10.2 Å². The number of ether oxygens (including phenoxy) is 1. The average molecular weight is 291 g/mol. The smallest absolute Gasteiger partial charge is 0.0589 e. The van der Waals surface area contributed by atoms with Crippen molar-refractivity contribution in [2.75, 3.05) is 58.4 Å². The lowest BCUT2D eigenvalue weighted by molar-refractivity contribution is 0.161. The molecule has 0 aliphatic carbocycles. The predicted molar refractivity (Wildman–Crippen MR) is 89.0 cm³/mol. The zero-order valence-corrected chi connectivity index (χ0v) is 13.5. The van der Waals surface area contributed by atoms with Gasteiger partial charge in [-0.2, -0.15) is 0 Å². The molecule has 0 amide bonds. The van der Waals surface area contributed by atoms with E-state index >= 15 is 0 Å². The van der Waals surface area contributed by atoms with Crippen LogP contribution >= 0.6 is 0 Å². The van der Waals surface area contributed by atoms with Crippen LogP contribution in [0.5, 0.6) is 0 Å². The van der Waals surface area contributed by atoms with Crippen molar-refractivity contribution < 1.29 is 4.74 Å². The van der Waals surface area contributed by atoms with E-state index in [0.717, 1.165) is 32.8 Å². The summed E-state index contributed by atoms with van der Waals surface area (Å²) in [5.74, 6) is 0. The number of methoxy groups -OCH3 is 1. The van der Waals surface area contributed by atoms with Crippen LogP contribution in [-0.4, -0.2) is 58.4 Å². The Kier molecular flexibility index (Phi) is 7.00. The number of rotatable bonds is 9. The molecule has 21 heavy (non-hydrogen) atoms. The summed E-state index contributed by atoms with van der Waals surface area (Å²) in [6, 6.07) is 8.79. The van der Waals surface area contributed by atoms with Crippen LogP contribution in [0.4, 0.5) is 5.69 Å². The Morgan fingerprint density at radius 1 is 1.19 bits per heavy atom. The first-order valence-electron chi connectivity index (χ1n) is 8.02. The van der Waals surface area contributed by atoms with Gasteiger partial charge in [-0.1, -0.05) is 18.2 Å². The second-order valence-corrected chi connectivity index (χ2v) is 5.80. The Hall–Kier alpha value is -1.10. The molecule has 0 spiro atoms. The molecule has 1 heterocycles. The van der Waals surface area contributed by atoms with Crippen molar-refractivity contribution in [3.05, 3.63) is 29.8 Å². The zero-order valence-electron chi connectivity index (χ0n) is 13.5. The van der Waals surface area contributed by atoms with Crippen molar-refractivity contribution in [1.29, 1.82) is 0 Å². The minimum atomic E-state index is 0.800. The quantitative estimate of drug-likeness (QED) is 0.704. The molecule has 0 atom stereocenters. The van der Waals surface area contributed by atoms with Gasteiger partial charge in [0.25, 0.3) is 0 Å². The molecule has 1 fully saturated rings. The zero-order chi connectivity index (χ0) is 14.9. The van der Waals surface area contributed by atoms with Crippen molar-refractivity contribution in [2.45, 2.75) is 19.4 Å². The molecule has 1 aliphatic heterocycles. The molecule has 0 unspecified atom stereocenters. The first-order valence-corrected chi connectivity index (χ1v) is 8.02. The normalized spacial score (nSPS) is 15.1. The van der Waals surface area contributed by atoms with E-state index in [2.05, 4.69) is 46.4 Å². The highest BCUT2D eigenvalue weighted by Crippen LogP contribution is 2.24. The SMILES string of the molecule is COCCN(C)CCNCc1ccccc1N1CCCC1. The fourth-order valence-electron chi connectivity index (χ4n) is 2.78. The number of para-hydroxylation sites is 1. The topological polar surface area (TPSA) is 27.7 Å². The molecule has 1 aromatic rings. The molecule has 1 aromatic carbocycles. The summed E-state index contributed by atoms with van der Waals surface area (Å²) < 4.78 is 5.09. The molecule has 1 saturated heterocycles. The number of nitrogens with zero attached hydrogens (tertiary/aromatic N) is 2. The summed E-state index contributed by atoms with van der Waals surface area (Å²) in [5, 5.41) is 3.56. The molecule has 0 aromatic heterocycles. The third kappa shape index (κ3) is 5.30. The second kappa shape index (κ2) is 9.03. The van der Waals surface area contributed by atoms with Crippen LogP contribution in [0.3, 0.4) is 0 Å². The largest absolute Gasteiger partial charge is 0.383 e. The Bertz CT molecular complexity index is 405. The van der Waals surface area contributed by atoms with Gasteiger partial charge in [0.2, 0.25) is 0 Å². The molecule has 1 N–H and O–H groups in total. The molecule has 4 heteroatoms. The van der Waals surface area contributed by atoms with Gasteiger partial charge >= 0.3 is 0 Å². The molecule has 0 saturated carbocycles. The van der Waals surface area contributed by atoms with Crippen LogP contribution in [0.25, 0.3) is 0 Å². The van der Waals surface area contributed by atoms with Crippen LogP contribution in [0.2, 0.25) is 0 Å². The first-order chi connectivity index (χ1) is 10.3. The van der Waals surface area contributed by atoms with E-state index in [4.69, 9.17) is 4.74 Å². The van der Waals surface area contributed by atoms with Crippen molar-refractivity contribution in [3.63, 3.8) is 0 Å². The molecular formula is C17H29N3O. The molecule has 0 bridgehead atoms. The fraction of sp³-hybridized carbons (Fsp3) is 0.647. The highest BCUT2D eigenvalue weighted by Gasteiger charge is 2.14. The van der Waals surface area contributed by atoms with Gasteiger partial charge in [0, 0.05) is 52.1 Å². The minimum absolute atomic E-state index is 0.800. The van der Waals surface area contributed by atoms with Crippen molar-refractivity contribution >= 4 is 5.69 Å². The summed E-state index contributed by atoms with van der Waals surface area (Å²) in [5.41, 5.74) is 2.83. The third-order valence-electron chi connectivity index (χ3n) is 4.10. The van der Waals surface area contributed by atoms with Gasteiger partial charge in [0.05, 0.1) is 6.61 Å². The van der Waals surface area contributed by atoms with E-state index in [-0.39, 0.29) is 0 Å². The lowest BCUT2D eigenvalue weighted by Gasteiger charge is -2.22. The van der Waals surface area contributed by atoms with E-state index in [1.54, 1.807) is 7.11 Å². The van der Waals surface area contributed by atoms with Crippen LogP contribution in [0.15, 0.2) is 24.3 Å². The summed E-state index contributed by atoms with van der Waals surface area (Å²) in [6.45, 7) is 7.21. The highest BCUT2D eigenvalue weighted by molar-refractivity contribution is 5.54. The van der Waals surface area contributed by atoms with Crippen molar-refractivity contribution in [2.24, 2.45) is 0 Å². The van der Waals surface area contributed by atoms with Crippen LogP contribution in [0.1, 0.15) is 18.4 Å². The molecular weight excluding hydrogens is 262 g/mol. The van der Waals surface area contributed by atoms with Gasteiger partial charge in [-0.15, -0.1) is 0 Å². The maximum Gasteiger partial charge on any atom is 0.0589 e. The molecule has 2 rings (SSSR count). The number of benzene rings is 1. The summed E-state index contributed by atoms with van der Waals surface area (Å²) in [6.07, 6.45) is 2.65. The van der Waals surface area contributed by atoms with Crippen LogP contribution in [-0.2, 0) is 11.3 Å². The standard InChI is InChI=1S/C17H29N3O/c1-19(13-14-21-2)12-9-18-15-16-7-3-4-8-17(16)20-10-5-6-11-20/h3-4,7-8,18H,5-6,9-15H2,1-2H3. The molecule has 118 valence electrons. The van der Waals surface area contributed by atoms with Gasteiger partial charge in [-0.05, 0) is 31.5 Å². The molecule has 0 radical (unpaired) electrons. The number of hydrogen-bond acceptors (Lipinski definition) is 4. The van der Waals surface area contributed by atoms with E-state index in [9.17, 15) is 0 Å². The highest BCUT2D eigenvalue weighted by atomic mass is 16.5. The maximum absolute atomic E-state index is 5.09. The monoisotopic (exact) mass is 291 g/mol. The lowest BCUT2D eigenvalue weighted by Crippen LogP contribution is -2.31. The number of hydrogen-bond donors (Lipinski definition) is 1. The number of anilines is 1. The Balaban J connectivity index is 1.75. The van der Waals surface area contributed by atoms with Gasteiger partial charge in [-0.25, -0.2) is 0 Å². The van der Waals surface area contributed by atoms with Gasteiger partial charge < -0.3 is 19.9 Å². The van der Waals surface area contributed by atoms with E-state index in [1.807, 2.05) is 0 Å². The van der Waals surface area contributed by atoms with Crippen LogP contribution < -0.4 is 10.2 Å². The minimum Gasteiger partial charge on any atom is -0.383 e. The maximum atomic E-state index is 5.09. The van der Waals surface area contributed by atoms with E-state index < -0.39 is 0 Å². The van der Waals surface area contributed by atoms with Crippen LogP contribution in [0, 0.1) is 0 Å². The van der Waals surface area contributed by atoms with Gasteiger partial charge in [-0.3, -0.25) is 0 Å². The van der Waals surface area contributed by atoms with Gasteiger partial charge in [0.15, 0.2) is 0 Å². The fourth-order valence-corrected chi connectivity index (χ4v) is 2.78. The number of nitrogens with one attached hydrogen (secondary N) is 1. The summed E-state index contributed by atoms with van der Waals surface area (Å²) in [7, 11) is 3.89. The van der Waals surface area contributed by atoms with E-state index in [0.29, 0.717) is 0 Å². The van der Waals surface area contributed by atoms with Gasteiger partial charge in [0.1, 0.15) is 0 Å². The third-order valence-corrected chi connectivity index (χ3v) is 4.10. The lowest BCUT2D eigenvalue weighted by atomic mass is 10.1. The Morgan fingerprint density at radius 2 is 1.95 bits per heavy atom. The van der Waals surface area contributed by atoms with E-state index in [1.165, 1.54) is 37.2 Å². The molecule has 1 aliphatic rings. The molecule has 4 nitrogen and oxygen atoms in total. The Morgan fingerprint density at radius 3 is 2.71 bits per heavy atom. The van der Waals surface area contributed by atoms with Crippen molar-refractivity contribution in [3.8, 4) is 0 Å². The summed E-state index contributed by atoms with van der Waals surface area (Å²) in [4.78, 5) is 4.81. The second-order valence-electron chi connectivity index (χ2n) is 5.80. The predicted octanol–water partition coefficient (Wildman–Crippen LogP) is 1.95. The number of likely N-dealkylation sites (N-methyl/N-ethyl adjacent to an activating group) is 1. The summed E-state index contributed by atoms with van der Waals surface area (Å²) >= 11 is 0. The first kappa shape index (κ1) is 16.3. The average Bonchev–Trinajstić information content (AvgIpc) is 3.04.